The molecular formula is C15H19NO4. The summed E-state index contributed by atoms with van der Waals surface area (Å²) in [7, 11) is 1.32. The fourth-order valence-corrected chi connectivity index (χ4v) is 2.08. The molecular weight excluding hydrogens is 258 g/mol. The van der Waals surface area contributed by atoms with Crippen LogP contribution in [-0.4, -0.2) is 31.5 Å². The third-order valence-corrected chi connectivity index (χ3v) is 3.35. The molecule has 5 nitrogen and oxygen atoms in total. The smallest absolute Gasteiger partial charge is 0.305 e. The number of benzene rings is 1. The Hall–Kier alpha value is -2.04. The average molecular weight is 277 g/mol. The van der Waals surface area contributed by atoms with E-state index in [1.165, 1.54) is 7.11 Å². The van der Waals surface area contributed by atoms with Crippen molar-refractivity contribution in [1.82, 2.24) is 0 Å². The third-order valence-electron chi connectivity index (χ3n) is 3.35. The van der Waals surface area contributed by atoms with Crippen molar-refractivity contribution in [1.29, 1.82) is 0 Å². The van der Waals surface area contributed by atoms with Gasteiger partial charge in [-0.1, -0.05) is 6.92 Å². The summed E-state index contributed by atoms with van der Waals surface area (Å²) in [6, 6.07) is 5.31. The average Bonchev–Trinajstić information content (AvgIpc) is 2.50. The molecule has 0 aromatic heterocycles. The van der Waals surface area contributed by atoms with Crippen molar-refractivity contribution in [2.75, 3.05) is 19.0 Å². The SMILES string of the molecule is CCC1CNc2cc(C(=O)CCC(=O)OC)ccc2O1. The third kappa shape index (κ3) is 3.29. The topological polar surface area (TPSA) is 64.6 Å². The van der Waals surface area contributed by atoms with Gasteiger partial charge in [0.15, 0.2) is 5.78 Å². The highest BCUT2D eigenvalue weighted by Crippen LogP contribution is 2.31. The fourth-order valence-electron chi connectivity index (χ4n) is 2.08. The standard InChI is InChI=1S/C15H19NO4/c1-3-11-9-16-12-8-10(4-6-14(12)20-11)13(17)5-7-15(18)19-2/h4,6,8,11,16H,3,5,7,9H2,1-2H3. The summed E-state index contributed by atoms with van der Waals surface area (Å²) in [6.07, 6.45) is 1.37. The number of carbonyl (C=O) groups is 2. The summed E-state index contributed by atoms with van der Waals surface area (Å²) < 4.78 is 10.3. The number of anilines is 1. The molecule has 5 heteroatoms. The summed E-state index contributed by atoms with van der Waals surface area (Å²) in [5.41, 5.74) is 1.41. The lowest BCUT2D eigenvalue weighted by Crippen LogP contribution is -2.30. The van der Waals surface area contributed by atoms with Crippen LogP contribution in [-0.2, 0) is 9.53 Å². The molecule has 1 aromatic carbocycles. The molecule has 1 atom stereocenters. The quantitative estimate of drug-likeness (QED) is 0.661. The van der Waals surface area contributed by atoms with Gasteiger partial charge < -0.3 is 14.8 Å². The van der Waals surface area contributed by atoms with Crippen LogP contribution in [0.15, 0.2) is 18.2 Å². The van der Waals surface area contributed by atoms with E-state index in [0.717, 1.165) is 24.4 Å². The summed E-state index contributed by atoms with van der Waals surface area (Å²) in [5, 5.41) is 3.27. The maximum atomic E-state index is 12.0. The minimum absolute atomic E-state index is 0.0717. The van der Waals surface area contributed by atoms with E-state index in [4.69, 9.17) is 4.74 Å². The first-order chi connectivity index (χ1) is 9.63. The van der Waals surface area contributed by atoms with Gasteiger partial charge in [-0.2, -0.15) is 0 Å². The Morgan fingerprint density at radius 3 is 2.90 bits per heavy atom. The number of hydrogen-bond donors (Lipinski definition) is 1. The lowest BCUT2D eigenvalue weighted by atomic mass is 10.0. The minimum Gasteiger partial charge on any atom is -0.486 e. The van der Waals surface area contributed by atoms with Crippen LogP contribution in [0.2, 0.25) is 0 Å². The number of ketones is 1. The van der Waals surface area contributed by atoms with E-state index in [0.29, 0.717) is 5.56 Å². The van der Waals surface area contributed by atoms with Gasteiger partial charge >= 0.3 is 5.97 Å². The van der Waals surface area contributed by atoms with E-state index >= 15 is 0 Å². The van der Waals surface area contributed by atoms with Gasteiger partial charge in [-0.25, -0.2) is 0 Å². The molecule has 1 aliphatic heterocycles. The molecule has 0 bridgehead atoms. The molecule has 1 unspecified atom stereocenters. The number of hydrogen-bond acceptors (Lipinski definition) is 5. The van der Waals surface area contributed by atoms with Gasteiger partial charge in [-0.15, -0.1) is 0 Å². The number of rotatable bonds is 5. The van der Waals surface area contributed by atoms with Gasteiger partial charge in [0.25, 0.3) is 0 Å². The van der Waals surface area contributed by atoms with Crippen molar-refractivity contribution in [3.05, 3.63) is 23.8 Å². The summed E-state index contributed by atoms with van der Waals surface area (Å²) in [5.74, 6) is 0.328. The highest BCUT2D eigenvalue weighted by molar-refractivity contribution is 5.98. The van der Waals surface area contributed by atoms with Gasteiger partial charge in [0, 0.05) is 12.0 Å². The lowest BCUT2D eigenvalue weighted by Gasteiger charge is -2.26. The maximum Gasteiger partial charge on any atom is 0.305 e. The van der Waals surface area contributed by atoms with Gasteiger partial charge in [0.2, 0.25) is 0 Å². The second kappa shape index (κ2) is 6.41. The first-order valence-electron chi connectivity index (χ1n) is 6.78. The molecule has 1 N–H and O–H groups in total. The van der Waals surface area contributed by atoms with Crippen LogP contribution in [0.4, 0.5) is 5.69 Å². The molecule has 0 amide bonds. The predicted molar refractivity (Wildman–Crippen MR) is 75.2 cm³/mol. The maximum absolute atomic E-state index is 12.0. The van der Waals surface area contributed by atoms with Crippen LogP contribution >= 0.6 is 0 Å². The summed E-state index contributed by atoms with van der Waals surface area (Å²) in [4.78, 5) is 23.0. The Balaban J connectivity index is 2.04. The number of ether oxygens (including phenoxy) is 2. The number of Topliss-reactive ketones (excluding diaryl/α,β-unsaturated/α-hetero) is 1. The zero-order chi connectivity index (χ0) is 14.5. The van der Waals surface area contributed by atoms with Gasteiger partial charge in [0.1, 0.15) is 11.9 Å². The van der Waals surface area contributed by atoms with Gasteiger partial charge in [0.05, 0.1) is 25.8 Å². The monoisotopic (exact) mass is 277 g/mol. The Kier molecular flexibility index (Phi) is 4.61. The van der Waals surface area contributed by atoms with Crippen molar-refractivity contribution >= 4 is 17.4 Å². The predicted octanol–water partition coefficient (Wildman–Crippen LogP) is 2.41. The highest BCUT2D eigenvalue weighted by atomic mass is 16.5. The van der Waals surface area contributed by atoms with Crippen LogP contribution in [0.5, 0.6) is 5.75 Å². The van der Waals surface area contributed by atoms with Crippen LogP contribution in [0, 0.1) is 0 Å². The molecule has 20 heavy (non-hydrogen) atoms. The Morgan fingerprint density at radius 2 is 2.20 bits per heavy atom. The Morgan fingerprint density at radius 1 is 1.40 bits per heavy atom. The van der Waals surface area contributed by atoms with Crippen molar-refractivity contribution < 1.29 is 19.1 Å². The molecule has 0 fully saturated rings. The van der Waals surface area contributed by atoms with E-state index in [-0.39, 0.29) is 30.7 Å². The largest absolute Gasteiger partial charge is 0.486 e. The first-order valence-corrected chi connectivity index (χ1v) is 6.78. The van der Waals surface area contributed by atoms with Crippen molar-refractivity contribution in [2.24, 2.45) is 0 Å². The minimum atomic E-state index is -0.372. The second-order valence-corrected chi connectivity index (χ2v) is 4.74. The van der Waals surface area contributed by atoms with E-state index in [1.807, 2.05) is 0 Å². The number of fused-ring (bicyclic) bond motifs is 1. The van der Waals surface area contributed by atoms with E-state index < -0.39 is 0 Å². The van der Waals surface area contributed by atoms with Gasteiger partial charge in [-0.05, 0) is 24.6 Å². The molecule has 0 saturated carbocycles. The van der Waals surface area contributed by atoms with Crippen molar-refractivity contribution in [3.8, 4) is 5.75 Å². The molecule has 2 rings (SSSR count). The number of carbonyl (C=O) groups excluding carboxylic acids is 2. The molecule has 0 spiro atoms. The second-order valence-electron chi connectivity index (χ2n) is 4.74. The molecule has 0 aliphatic carbocycles. The first kappa shape index (κ1) is 14.4. The van der Waals surface area contributed by atoms with E-state index in [2.05, 4.69) is 17.0 Å². The Bertz CT molecular complexity index is 513. The highest BCUT2D eigenvalue weighted by Gasteiger charge is 2.19. The molecule has 1 aliphatic rings. The number of esters is 1. The molecule has 108 valence electrons. The summed E-state index contributed by atoms with van der Waals surface area (Å²) in [6.45, 7) is 2.81. The van der Waals surface area contributed by atoms with Crippen molar-refractivity contribution in [2.45, 2.75) is 32.3 Å². The van der Waals surface area contributed by atoms with Crippen molar-refractivity contribution in [3.63, 3.8) is 0 Å². The van der Waals surface area contributed by atoms with Crippen LogP contribution < -0.4 is 10.1 Å². The molecule has 1 aromatic rings. The van der Waals surface area contributed by atoms with Crippen LogP contribution in [0.25, 0.3) is 0 Å². The molecule has 1 heterocycles. The number of nitrogens with one attached hydrogen (secondary N) is 1. The van der Waals surface area contributed by atoms with E-state index in [9.17, 15) is 9.59 Å². The normalized spacial score (nSPS) is 16.6. The van der Waals surface area contributed by atoms with Gasteiger partial charge in [-0.3, -0.25) is 9.59 Å². The Labute approximate surface area is 118 Å². The summed E-state index contributed by atoms with van der Waals surface area (Å²) >= 11 is 0. The zero-order valence-electron chi connectivity index (χ0n) is 11.8. The lowest BCUT2D eigenvalue weighted by molar-refractivity contribution is -0.140. The van der Waals surface area contributed by atoms with Crippen LogP contribution in [0.1, 0.15) is 36.5 Å². The molecule has 0 radical (unpaired) electrons. The van der Waals surface area contributed by atoms with Crippen LogP contribution in [0.3, 0.4) is 0 Å². The fraction of sp³-hybridized carbons (Fsp3) is 0.467. The zero-order valence-corrected chi connectivity index (χ0v) is 11.8. The van der Waals surface area contributed by atoms with E-state index in [1.54, 1.807) is 18.2 Å². The molecule has 0 saturated heterocycles. The number of methoxy groups -OCH3 is 1.